The van der Waals surface area contributed by atoms with Crippen molar-refractivity contribution in [3.8, 4) is 11.8 Å². The van der Waals surface area contributed by atoms with Crippen LogP contribution >= 0.6 is 0 Å². The van der Waals surface area contributed by atoms with Crippen LogP contribution in [0.25, 0.3) is 0 Å². The number of nitrogens with one attached hydrogen (secondary N) is 1. The number of rotatable bonds is 6. The number of hydrogen-bond donors (Lipinski definition) is 1. The van der Waals surface area contributed by atoms with Crippen molar-refractivity contribution >= 4 is 11.7 Å². The molecule has 0 atom stereocenters. The summed E-state index contributed by atoms with van der Waals surface area (Å²) in [6, 6.07) is 12.4. The van der Waals surface area contributed by atoms with E-state index in [9.17, 15) is 4.79 Å². The van der Waals surface area contributed by atoms with Crippen molar-refractivity contribution < 1.29 is 18.7 Å². The second-order valence-corrected chi connectivity index (χ2v) is 4.12. The van der Waals surface area contributed by atoms with Crippen LogP contribution in [0.4, 0.5) is 5.69 Å². The number of nitriles is 1. The molecule has 0 unspecified atom stereocenters. The van der Waals surface area contributed by atoms with Crippen LogP contribution in [0, 0.1) is 11.3 Å². The first kappa shape index (κ1) is 14.5. The summed E-state index contributed by atoms with van der Waals surface area (Å²) in [6.45, 7) is 0.358. The molecule has 0 aliphatic rings. The number of hydrogen-bond acceptors (Lipinski definition) is 6. The van der Waals surface area contributed by atoms with Gasteiger partial charge < -0.3 is 19.2 Å². The Morgan fingerprint density at radius 3 is 2.67 bits per heavy atom. The molecule has 1 heterocycles. The summed E-state index contributed by atoms with van der Waals surface area (Å²) < 4.78 is 15.0. The average molecular weight is 286 g/mol. The molecule has 2 aromatic rings. The number of furan rings is 1. The van der Waals surface area contributed by atoms with E-state index < -0.39 is 5.97 Å². The molecule has 0 fully saturated rings. The minimum atomic E-state index is -0.427. The predicted octanol–water partition coefficient (Wildman–Crippen LogP) is 2.32. The Morgan fingerprint density at radius 2 is 2.05 bits per heavy atom. The first-order valence-electron chi connectivity index (χ1n) is 6.23. The minimum Gasteiger partial charge on any atom is -0.482 e. The molecular weight excluding hydrogens is 272 g/mol. The molecule has 0 saturated carbocycles. The Labute approximate surface area is 121 Å². The van der Waals surface area contributed by atoms with Gasteiger partial charge in [-0.15, -0.1) is 0 Å². The lowest BCUT2D eigenvalue weighted by Gasteiger charge is -2.07. The van der Waals surface area contributed by atoms with E-state index in [4.69, 9.17) is 14.4 Å². The zero-order valence-corrected chi connectivity index (χ0v) is 11.5. The third kappa shape index (κ3) is 4.28. The molecule has 0 aliphatic carbocycles. The van der Waals surface area contributed by atoms with Crippen LogP contribution in [0.5, 0.6) is 5.75 Å². The second kappa shape index (κ2) is 7.01. The molecule has 1 aromatic heterocycles. The molecule has 0 radical (unpaired) electrons. The van der Waals surface area contributed by atoms with E-state index in [2.05, 4.69) is 10.1 Å². The highest BCUT2D eigenvalue weighted by molar-refractivity contribution is 5.70. The van der Waals surface area contributed by atoms with Crippen molar-refractivity contribution in [3.05, 3.63) is 47.9 Å². The van der Waals surface area contributed by atoms with Gasteiger partial charge in [-0.05, 0) is 36.4 Å². The Balaban J connectivity index is 1.84. The molecule has 1 aromatic carbocycles. The summed E-state index contributed by atoms with van der Waals surface area (Å²) in [5.41, 5.74) is 0.871. The summed E-state index contributed by atoms with van der Waals surface area (Å²) >= 11 is 0. The fourth-order valence-electron chi connectivity index (χ4n) is 1.59. The number of benzene rings is 1. The third-order valence-corrected chi connectivity index (χ3v) is 2.68. The van der Waals surface area contributed by atoms with Crippen LogP contribution < -0.4 is 10.1 Å². The molecule has 6 heteroatoms. The van der Waals surface area contributed by atoms with Crippen LogP contribution in [0.3, 0.4) is 0 Å². The standard InChI is InChI=1S/C15H14N2O4/c1-19-15(18)10-20-12-4-2-11(3-5-12)17-9-14-7-6-13(8-16)21-14/h2-7,17H,9-10H2,1H3. The summed E-state index contributed by atoms with van der Waals surface area (Å²) in [5, 5.41) is 11.8. The molecule has 0 spiro atoms. The van der Waals surface area contributed by atoms with Gasteiger partial charge in [-0.2, -0.15) is 5.26 Å². The van der Waals surface area contributed by atoms with Gasteiger partial charge in [-0.25, -0.2) is 4.79 Å². The molecule has 0 amide bonds. The van der Waals surface area contributed by atoms with Crippen LogP contribution in [-0.2, 0) is 16.1 Å². The Hall–Kier alpha value is -2.94. The topological polar surface area (TPSA) is 84.5 Å². The number of ether oxygens (including phenoxy) is 2. The predicted molar refractivity (Wildman–Crippen MR) is 74.7 cm³/mol. The van der Waals surface area contributed by atoms with Gasteiger partial charge in [0.15, 0.2) is 6.61 Å². The Bertz CT molecular complexity index is 640. The number of anilines is 1. The van der Waals surface area contributed by atoms with Crippen molar-refractivity contribution in [2.45, 2.75) is 6.54 Å². The highest BCUT2D eigenvalue weighted by atomic mass is 16.6. The molecule has 0 saturated heterocycles. The lowest BCUT2D eigenvalue weighted by Crippen LogP contribution is -2.12. The highest BCUT2D eigenvalue weighted by Crippen LogP contribution is 2.17. The van der Waals surface area contributed by atoms with Crippen LogP contribution in [0.2, 0.25) is 0 Å². The maximum Gasteiger partial charge on any atom is 0.343 e. The van der Waals surface area contributed by atoms with E-state index in [1.54, 1.807) is 24.3 Å². The monoisotopic (exact) mass is 286 g/mol. The molecular formula is C15H14N2O4. The van der Waals surface area contributed by atoms with Crippen molar-refractivity contribution in [1.29, 1.82) is 5.26 Å². The number of nitrogens with zero attached hydrogens (tertiary/aromatic N) is 1. The number of carbonyl (C=O) groups excluding carboxylic acids is 1. The zero-order valence-electron chi connectivity index (χ0n) is 11.5. The maximum atomic E-state index is 10.9. The van der Waals surface area contributed by atoms with Crippen LogP contribution in [-0.4, -0.2) is 19.7 Å². The highest BCUT2D eigenvalue weighted by Gasteiger charge is 2.03. The molecule has 21 heavy (non-hydrogen) atoms. The van der Waals surface area contributed by atoms with Crippen molar-refractivity contribution in [1.82, 2.24) is 0 Å². The molecule has 108 valence electrons. The first-order valence-corrected chi connectivity index (χ1v) is 6.23. The van der Waals surface area contributed by atoms with E-state index in [1.807, 2.05) is 18.2 Å². The summed E-state index contributed by atoms with van der Waals surface area (Å²) in [4.78, 5) is 10.9. The SMILES string of the molecule is COC(=O)COc1ccc(NCc2ccc(C#N)o2)cc1. The Morgan fingerprint density at radius 1 is 1.29 bits per heavy atom. The number of esters is 1. The van der Waals surface area contributed by atoms with E-state index in [-0.39, 0.29) is 6.61 Å². The van der Waals surface area contributed by atoms with E-state index in [0.29, 0.717) is 23.8 Å². The van der Waals surface area contributed by atoms with E-state index in [0.717, 1.165) is 5.69 Å². The normalized spacial score (nSPS) is 9.71. The Kier molecular flexibility index (Phi) is 4.83. The van der Waals surface area contributed by atoms with E-state index in [1.165, 1.54) is 7.11 Å². The summed E-state index contributed by atoms with van der Waals surface area (Å²) in [6.07, 6.45) is 0. The van der Waals surface area contributed by atoms with Gasteiger partial charge in [0.05, 0.1) is 13.7 Å². The largest absolute Gasteiger partial charge is 0.482 e. The summed E-state index contributed by atoms with van der Waals surface area (Å²) in [5.74, 6) is 1.12. The fraction of sp³-hybridized carbons (Fsp3) is 0.200. The smallest absolute Gasteiger partial charge is 0.343 e. The van der Waals surface area contributed by atoms with E-state index >= 15 is 0 Å². The van der Waals surface area contributed by atoms with Gasteiger partial charge in [0, 0.05) is 5.69 Å². The van der Waals surface area contributed by atoms with Gasteiger partial charge >= 0.3 is 5.97 Å². The fourth-order valence-corrected chi connectivity index (χ4v) is 1.59. The lowest BCUT2D eigenvalue weighted by atomic mass is 10.3. The molecule has 0 aliphatic heterocycles. The number of carbonyl (C=O) groups is 1. The van der Waals surface area contributed by atoms with Crippen LogP contribution in [0.1, 0.15) is 11.5 Å². The quantitative estimate of drug-likeness (QED) is 0.820. The number of methoxy groups -OCH3 is 1. The van der Waals surface area contributed by atoms with Gasteiger partial charge in [0.25, 0.3) is 0 Å². The lowest BCUT2D eigenvalue weighted by molar-refractivity contribution is -0.142. The van der Waals surface area contributed by atoms with Gasteiger partial charge in [0.2, 0.25) is 5.76 Å². The zero-order chi connectivity index (χ0) is 15.1. The molecule has 2 rings (SSSR count). The van der Waals surface area contributed by atoms with Gasteiger partial charge in [-0.3, -0.25) is 0 Å². The maximum absolute atomic E-state index is 10.9. The average Bonchev–Trinajstić information content (AvgIpc) is 2.99. The first-order chi connectivity index (χ1) is 10.2. The summed E-state index contributed by atoms with van der Waals surface area (Å²) in [7, 11) is 1.31. The van der Waals surface area contributed by atoms with Gasteiger partial charge in [0.1, 0.15) is 17.6 Å². The molecule has 1 N–H and O–H groups in total. The molecule has 6 nitrogen and oxygen atoms in total. The van der Waals surface area contributed by atoms with Gasteiger partial charge in [-0.1, -0.05) is 0 Å². The second-order valence-electron chi connectivity index (χ2n) is 4.12. The van der Waals surface area contributed by atoms with Crippen molar-refractivity contribution in [3.63, 3.8) is 0 Å². The minimum absolute atomic E-state index is 0.118. The van der Waals surface area contributed by atoms with Crippen molar-refractivity contribution in [2.75, 3.05) is 19.0 Å². The molecule has 0 bridgehead atoms. The third-order valence-electron chi connectivity index (χ3n) is 2.68. The van der Waals surface area contributed by atoms with Crippen molar-refractivity contribution in [2.24, 2.45) is 0 Å². The van der Waals surface area contributed by atoms with Crippen LogP contribution in [0.15, 0.2) is 40.8 Å².